The number of halogens is 4. The Morgan fingerprint density at radius 2 is 2.00 bits per heavy atom. The van der Waals surface area contributed by atoms with Crippen LogP contribution >= 0.6 is 12.4 Å². The number of aromatic nitrogens is 2. The van der Waals surface area contributed by atoms with Gasteiger partial charge in [0.1, 0.15) is 5.76 Å². The zero-order chi connectivity index (χ0) is 21.2. The molecule has 1 aliphatic carbocycles. The van der Waals surface area contributed by atoms with E-state index >= 15 is 0 Å². The molecule has 0 aromatic carbocycles. The van der Waals surface area contributed by atoms with Crippen LogP contribution in [0.2, 0.25) is 0 Å². The smallest absolute Gasteiger partial charge is 0.417 e. The highest BCUT2D eigenvalue weighted by Gasteiger charge is 2.45. The van der Waals surface area contributed by atoms with E-state index in [1.54, 1.807) is 6.92 Å². The summed E-state index contributed by atoms with van der Waals surface area (Å²) >= 11 is 0. The highest BCUT2D eigenvalue weighted by atomic mass is 35.5. The Bertz CT molecular complexity index is 849. The van der Waals surface area contributed by atoms with Gasteiger partial charge in [0.15, 0.2) is 5.69 Å². The third-order valence-corrected chi connectivity index (χ3v) is 4.80. The molecular formula is C18H21ClF3N3O5. The van der Waals surface area contributed by atoms with Gasteiger partial charge in [-0.1, -0.05) is 5.16 Å². The van der Waals surface area contributed by atoms with Crippen LogP contribution in [0.1, 0.15) is 34.7 Å². The first-order valence-corrected chi connectivity index (χ1v) is 8.82. The minimum absolute atomic E-state index is 0. The highest BCUT2D eigenvalue weighted by molar-refractivity contribution is 5.92. The number of pyridine rings is 1. The van der Waals surface area contributed by atoms with Crippen molar-refractivity contribution in [3.8, 4) is 5.88 Å². The second-order valence-corrected chi connectivity index (χ2v) is 7.22. The number of hydrogen-bond donors (Lipinski definition) is 3. The van der Waals surface area contributed by atoms with Crippen molar-refractivity contribution in [3.63, 3.8) is 0 Å². The number of aryl methyl sites for hydroxylation is 1. The predicted octanol–water partition coefficient (Wildman–Crippen LogP) is 2.13. The molecule has 2 heterocycles. The van der Waals surface area contributed by atoms with Gasteiger partial charge in [0, 0.05) is 30.3 Å². The Morgan fingerprint density at radius 1 is 1.33 bits per heavy atom. The highest BCUT2D eigenvalue weighted by Crippen LogP contribution is 2.39. The van der Waals surface area contributed by atoms with Crippen molar-refractivity contribution in [2.45, 2.75) is 38.1 Å². The largest absolute Gasteiger partial charge is 0.477 e. The zero-order valence-corrected chi connectivity index (χ0v) is 16.7. The van der Waals surface area contributed by atoms with Crippen molar-refractivity contribution < 1.29 is 37.4 Å². The average molecular weight is 452 g/mol. The van der Waals surface area contributed by atoms with E-state index in [1.165, 1.54) is 6.07 Å². The summed E-state index contributed by atoms with van der Waals surface area (Å²) in [7, 11) is 0. The fraction of sp³-hybridized carbons (Fsp3) is 0.500. The summed E-state index contributed by atoms with van der Waals surface area (Å²) in [6.45, 7) is 1.62. The van der Waals surface area contributed by atoms with E-state index in [-0.39, 0.29) is 50.0 Å². The van der Waals surface area contributed by atoms with Crippen LogP contribution in [0.4, 0.5) is 13.2 Å². The lowest BCUT2D eigenvalue weighted by atomic mass is 9.86. The molecule has 2 aromatic rings. The normalized spacial score (nSPS) is 23.7. The van der Waals surface area contributed by atoms with E-state index in [0.29, 0.717) is 12.0 Å². The predicted molar refractivity (Wildman–Crippen MR) is 99.2 cm³/mol. The number of rotatable bonds is 6. The summed E-state index contributed by atoms with van der Waals surface area (Å²) in [4.78, 5) is 15.9. The molecule has 0 bridgehead atoms. The van der Waals surface area contributed by atoms with Crippen LogP contribution in [0.5, 0.6) is 5.88 Å². The molecule has 3 rings (SSSR count). The summed E-state index contributed by atoms with van der Waals surface area (Å²) in [5.41, 5.74) is -1.65. The van der Waals surface area contributed by atoms with Crippen LogP contribution in [0.3, 0.4) is 0 Å². The van der Waals surface area contributed by atoms with Crippen LogP contribution in [-0.2, 0) is 6.18 Å². The number of aliphatic hydroxyl groups is 2. The molecule has 0 saturated heterocycles. The van der Waals surface area contributed by atoms with Gasteiger partial charge in [-0.05, 0) is 25.8 Å². The third-order valence-electron chi connectivity index (χ3n) is 4.80. The van der Waals surface area contributed by atoms with Gasteiger partial charge >= 0.3 is 6.18 Å². The Balaban J connectivity index is 0.00000320. The third kappa shape index (κ3) is 5.61. The Hall–Kier alpha value is -2.37. The minimum Gasteiger partial charge on any atom is -0.477 e. The SMILES string of the molecule is Cc1cc(C(=O)NCC2(COc3ccc(C(F)(F)F)cn3)C[C@@H](O)[C@@H](O)C2)no1.Cl. The standard InChI is InChI=1S/C18H20F3N3O5.ClH/c1-10-4-12(24-29-10)16(27)23-8-17(5-13(25)14(26)6-17)9-28-15-3-2-11(7-22-15)18(19,20)21;/h2-4,7,13-14,25-26H,5-6,8-9H2,1H3,(H,23,27);1H/t13-,14+,17?;. The van der Waals surface area contributed by atoms with Gasteiger partial charge in [-0.2, -0.15) is 13.2 Å². The van der Waals surface area contributed by atoms with E-state index in [2.05, 4.69) is 15.5 Å². The van der Waals surface area contributed by atoms with E-state index in [9.17, 15) is 28.2 Å². The fourth-order valence-electron chi connectivity index (χ4n) is 3.25. The van der Waals surface area contributed by atoms with Gasteiger partial charge in [-0.15, -0.1) is 12.4 Å². The van der Waals surface area contributed by atoms with E-state index in [4.69, 9.17) is 9.26 Å². The molecule has 2 aromatic heterocycles. The summed E-state index contributed by atoms with van der Waals surface area (Å²) in [6, 6.07) is 3.40. The first-order chi connectivity index (χ1) is 13.6. The number of aliphatic hydroxyl groups excluding tert-OH is 2. The van der Waals surface area contributed by atoms with Crippen molar-refractivity contribution in [2.75, 3.05) is 13.2 Å². The van der Waals surface area contributed by atoms with Gasteiger partial charge in [0.2, 0.25) is 5.88 Å². The number of hydrogen-bond acceptors (Lipinski definition) is 7. The first kappa shape index (κ1) is 23.9. The van der Waals surface area contributed by atoms with Crippen LogP contribution in [0.15, 0.2) is 28.9 Å². The molecule has 0 radical (unpaired) electrons. The molecule has 1 amide bonds. The van der Waals surface area contributed by atoms with Crippen molar-refractivity contribution in [1.29, 1.82) is 0 Å². The molecule has 0 aliphatic heterocycles. The number of nitrogens with one attached hydrogen (secondary N) is 1. The second kappa shape index (κ2) is 9.19. The number of ether oxygens (including phenoxy) is 1. The van der Waals surface area contributed by atoms with Gasteiger partial charge in [-0.25, -0.2) is 4.98 Å². The van der Waals surface area contributed by atoms with Crippen LogP contribution in [0.25, 0.3) is 0 Å². The van der Waals surface area contributed by atoms with Gasteiger partial charge in [-0.3, -0.25) is 4.79 Å². The number of amides is 1. The first-order valence-electron chi connectivity index (χ1n) is 8.82. The Labute approximate surface area is 175 Å². The number of nitrogens with zero attached hydrogens (tertiary/aromatic N) is 2. The lowest BCUT2D eigenvalue weighted by Crippen LogP contribution is -2.40. The molecule has 30 heavy (non-hydrogen) atoms. The Kier molecular flexibility index (Phi) is 7.32. The molecule has 3 atom stereocenters. The van der Waals surface area contributed by atoms with Crippen molar-refractivity contribution in [2.24, 2.45) is 5.41 Å². The second-order valence-electron chi connectivity index (χ2n) is 7.22. The molecule has 1 saturated carbocycles. The molecule has 3 N–H and O–H groups in total. The van der Waals surface area contributed by atoms with Crippen molar-refractivity contribution in [1.82, 2.24) is 15.5 Å². The quantitative estimate of drug-likeness (QED) is 0.615. The maximum Gasteiger partial charge on any atom is 0.417 e. The Morgan fingerprint density at radius 3 is 2.50 bits per heavy atom. The average Bonchev–Trinajstić information content (AvgIpc) is 3.21. The van der Waals surface area contributed by atoms with Gasteiger partial charge in [0.05, 0.1) is 24.4 Å². The van der Waals surface area contributed by atoms with Crippen LogP contribution in [0, 0.1) is 12.3 Å². The maximum absolute atomic E-state index is 12.6. The molecule has 166 valence electrons. The summed E-state index contributed by atoms with van der Waals surface area (Å²) < 4.78 is 48.2. The monoisotopic (exact) mass is 451 g/mol. The zero-order valence-electron chi connectivity index (χ0n) is 15.8. The van der Waals surface area contributed by atoms with Crippen molar-refractivity contribution >= 4 is 18.3 Å². The molecular weight excluding hydrogens is 431 g/mol. The van der Waals surface area contributed by atoms with E-state index in [0.717, 1.165) is 12.1 Å². The number of carbonyl (C=O) groups excluding carboxylic acids is 1. The van der Waals surface area contributed by atoms with Gasteiger partial charge in [0.25, 0.3) is 5.91 Å². The molecule has 1 aliphatic rings. The topological polar surface area (TPSA) is 118 Å². The van der Waals surface area contributed by atoms with E-state index < -0.39 is 35.3 Å². The molecule has 0 spiro atoms. The van der Waals surface area contributed by atoms with Gasteiger partial charge < -0.3 is 24.8 Å². The van der Waals surface area contributed by atoms with Crippen LogP contribution < -0.4 is 10.1 Å². The molecule has 1 unspecified atom stereocenters. The molecule has 12 heteroatoms. The molecule has 8 nitrogen and oxygen atoms in total. The summed E-state index contributed by atoms with van der Waals surface area (Å²) in [5, 5.41) is 26.2. The fourth-order valence-corrected chi connectivity index (χ4v) is 3.25. The maximum atomic E-state index is 12.6. The number of alkyl halides is 3. The van der Waals surface area contributed by atoms with Crippen molar-refractivity contribution in [3.05, 3.63) is 41.4 Å². The van der Waals surface area contributed by atoms with Crippen LogP contribution in [-0.4, -0.2) is 51.6 Å². The lowest BCUT2D eigenvalue weighted by Gasteiger charge is -2.28. The summed E-state index contributed by atoms with van der Waals surface area (Å²) in [5.74, 6) is -0.0650. The summed E-state index contributed by atoms with van der Waals surface area (Å²) in [6.07, 6.45) is -5.60. The molecule has 1 fully saturated rings. The van der Waals surface area contributed by atoms with E-state index in [1.807, 2.05) is 0 Å². The lowest BCUT2D eigenvalue weighted by molar-refractivity contribution is -0.137. The number of carbonyl (C=O) groups is 1. The minimum atomic E-state index is -4.50.